The van der Waals surface area contributed by atoms with Gasteiger partial charge in [0.1, 0.15) is 5.75 Å². The zero-order chi connectivity index (χ0) is 18.0. The Hall–Kier alpha value is -2.08. The number of thiazole rings is 1. The number of fused-ring (bicyclic) bond motifs is 1. The fourth-order valence-corrected chi connectivity index (χ4v) is 3.87. The van der Waals surface area contributed by atoms with E-state index in [1.807, 2.05) is 25.1 Å². The highest BCUT2D eigenvalue weighted by Gasteiger charge is 2.09. The zero-order valence-corrected chi connectivity index (χ0v) is 15.8. The van der Waals surface area contributed by atoms with Crippen LogP contribution in [0.1, 0.15) is 11.1 Å². The van der Waals surface area contributed by atoms with Crippen LogP contribution in [0, 0.1) is 6.92 Å². The number of aryl methyl sites for hydroxylation is 1. The number of nitrogens with one attached hydrogen (secondary N) is 1. The van der Waals surface area contributed by atoms with Crippen LogP contribution in [0.2, 0.25) is 10.0 Å². The number of nitrogens with zero attached hydrogens (tertiary/aromatic N) is 1. The van der Waals surface area contributed by atoms with Crippen molar-refractivity contribution in [3.8, 4) is 5.75 Å². The highest BCUT2D eigenvalue weighted by Crippen LogP contribution is 2.33. The predicted molar refractivity (Wildman–Crippen MR) is 105 cm³/mol. The molecule has 1 aromatic heterocycles. The molecule has 0 saturated carbocycles. The average molecular weight is 393 g/mol. The van der Waals surface area contributed by atoms with Crippen LogP contribution < -0.4 is 10.1 Å². The Bertz CT molecular complexity index is 983. The second kappa shape index (κ2) is 7.44. The summed E-state index contributed by atoms with van der Waals surface area (Å²) in [5.41, 5.74) is 2.63. The number of amides is 1. The Labute approximate surface area is 159 Å². The van der Waals surface area contributed by atoms with Gasteiger partial charge in [-0.2, -0.15) is 0 Å². The number of benzene rings is 2. The maximum atomic E-state index is 12.2. The number of ether oxygens (including phenoxy) is 1. The van der Waals surface area contributed by atoms with Crippen molar-refractivity contribution >= 4 is 61.9 Å². The van der Waals surface area contributed by atoms with Gasteiger partial charge in [-0.1, -0.05) is 40.6 Å². The molecule has 25 heavy (non-hydrogen) atoms. The molecule has 1 heterocycles. The number of methoxy groups -OCH3 is 1. The minimum Gasteiger partial charge on any atom is -0.495 e. The van der Waals surface area contributed by atoms with Gasteiger partial charge in [-0.15, -0.1) is 0 Å². The Morgan fingerprint density at radius 1 is 1.28 bits per heavy atom. The molecule has 0 unspecified atom stereocenters. The van der Waals surface area contributed by atoms with Crippen molar-refractivity contribution in [3.63, 3.8) is 0 Å². The molecule has 0 saturated heterocycles. The fourth-order valence-electron chi connectivity index (χ4n) is 2.32. The van der Waals surface area contributed by atoms with E-state index in [-0.39, 0.29) is 5.91 Å². The van der Waals surface area contributed by atoms with Crippen molar-refractivity contribution in [1.82, 2.24) is 4.98 Å². The Morgan fingerprint density at radius 3 is 2.84 bits per heavy atom. The maximum absolute atomic E-state index is 12.2. The number of anilines is 1. The normalized spacial score (nSPS) is 11.2. The first-order valence-corrected chi connectivity index (χ1v) is 8.93. The molecule has 128 valence electrons. The first-order valence-electron chi connectivity index (χ1n) is 7.35. The molecule has 0 atom stereocenters. The van der Waals surface area contributed by atoms with Gasteiger partial charge in [-0.05, 0) is 42.8 Å². The van der Waals surface area contributed by atoms with Crippen LogP contribution in [-0.4, -0.2) is 18.0 Å². The molecule has 0 aliphatic heterocycles. The fraction of sp³-hybridized carbons (Fsp3) is 0.111. The molecule has 0 spiro atoms. The van der Waals surface area contributed by atoms with E-state index in [0.717, 1.165) is 15.8 Å². The number of halogens is 2. The third-order valence-electron chi connectivity index (χ3n) is 3.43. The van der Waals surface area contributed by atoms with Crippen molar-refractivity contribution in [2.24, 2.45) is 0 Å². The first-order chi connectivity index (χ1) is 12.0. The summed E-state index contributed by atoms with van der Waals surface area (Å²) in [6.07, 6.45) is 2.99. The van der Waals surface area contributed by atoms with Crippen molar-refractivity contribution in [1.29, 1.82) is 0 Å². The van der Waals surface area contributed by atoms with Gasteiger partial charge >= 0.3 is 0 Å². The zero-order valence-electron chi connectivity index (χ0n) is 13.5. The summed E-state index contributed by atoms with van der Waals surface area (Å²) in [4.78, 5) is 16.6. The predicted octanol–water partition coefficient (Wildman–Crippen LogP) is 5.57. The van der Waals surface area contributed by atoms with E-state index in [4.69, 9.17) is 27.9 Å². The molecular weight excluding hydrogens is 379 g/mol. The molecule has 0 aliphatic rings. The summed E-state index contributed by atoms with van der Waals surface area (Å²) >= 11 is 13.5. The third kappa shape index (κ3) is 4.12. The van der Waals surface area contributed by atoms with E-state index in [9.17, 15) is 4.79 Å². The quantitative estimate of drug-likeness (QED) is 0.590. The SMILES string of the molecule is COc1c(Cl)cc(Cl)cc1/C=C/C(=O)Nc1nc2ccc(C)cc2s1. The van der Waals surface area contributed by atoms with Crippen LogP contribution >= 0.6 is 34.5 Å². The molecule has 0 fully saturated rings. The average Bonchev–Trinajstić information content (AvgIpc) is 2.93. The van der Waals surface area contributed by atoms with E-state index in [1.165, 1.54) is 24.5 Å². The van der Waals surface area contributed by atoms with Gasteiger partial charge in [-0.3, -0.25) is 10.1 Å². The van der Waals surface area contributed by atoms with Crippen LogP contribution in [0.3, 0.4) is 0 Å². The molecule has 0 bridgehead atoms. The van der Waals surface area contributed by atoms with Gasteiger partial charge in [0.2, 0.25) is 5.91 Å². The summed E-state index contributed by atoms with van der Waals surface area (Å²) in [7, 11) is 1.51. The van der Waals surface area contributed by atoms with Gasteiger partial charge in [-0.25, -0.2) is 4.98 Å². The second-order valence-electron chi connectivity index (χ2n) is 5.32. The highest BCUT2D eigenvalue weighted by molar-refractivity contribution is 7.22. The van der Waals surface area contributed by atoms with Gasteiger partial charge in [0.25, 0.3) is 0 Å². The summed E-state index contributed by atoms with van der Waals surface area (Å²) in [6, 6.07) is 9.23. The molecule has 1 N–H and O–H groups in total. The molecule has 1 amide bonds. The second-order valence-corrected chi connectivity index (χ2v) is 7.20. The highest BCUT2D eigenvalue weighted by atomic mass is 35.5. The van der Waals surface area contributed by atoms with Crippen LogP contribution in [0.25, 0.3) is 16.3 Å². The van der Waals surface area contributed by atoms with Gasteiger partial charge in [0, 0.05) is 16.7 Å². The molecule has 4 nitrogen and oxygen atoms in total. The number of carbonyl (C=O) groups excluding carboxylic acids is 1. The van der Waals surface area contributed by atoms with E-state index < -0.39 is 0 Å². The number of hydrogen-bond acceptors (Lipinski definition) is 4. The summed E-state index contributed by atoms with van der Waals surface area (Å²) < 4.78 is 6.28. The minimum absolute atomic E-state index is 0.297. The molecule has 2 aromatic carbocycles. The van der Waals surface area contributed by atoms with Crippen LogP contribution in [0.4, 0.5) is 5.13 Å². The summed E-state index contributed by atoms with van der Waals surface area (Å²) in [5, 5.41) is 4.16. The van der Waals surface area contributed by atoms with Gasteiger partial charge in [0.15, 0.2) is 5.13 Å². The van der Waals surface area contributed by atoms with E-state index in [1.54, 1.807) is 18.2 Å². The standard InChI is InChI=1S/C18H14Cl2N2O2S/c1-10-3-5-14-15(7-10)25-18(21-14)22-16(23)6-4-11-8-12(19)9-13(20)17(11)24-2/h3-9H,1-2H3,(H,21,22,23)/b6-4+. The topological polar surface area (TPSA) is 51.2 Å². The maximum Gasteiger partial charge on any atom is 0.250 e. The van der Waals surface area contributed by atoms with E-state index in [0.29, 0.717) is 26.5 Å². The van der Waals surface area contributed by atoms with Crippen molar-refractivity contribution < 1.29 is 9.53 Å². The Kier molecular flexibility index (Phi) is 5.27. The number of carbonyl (C=O) groups is 1. The van der Waals surface area contributed by atoms with Crippen molar-refractivity contribution in [3.05, 3.63) is 57.6 Å². The minimum atomic E-state index is -0.297. The summed E-state index contributed by atoms with van der Waals surface area (Å²) in [5.74, 6) is 0.166. The lowest BCUT2D eigenvalue weighted by Gasteiger charge is -2.07. The number of aromatic nitrogens is 1. The third-order valence-corrected chi connectivity index (χ3v) is 4.86. The smallest absolute Gasteiger partial charge is 0.250 e. The number of rotatable bonds is 4. The molecule has 3 aromatic rings. The largest absolute Gasteiger partial charge is 0.495 e. The van der Waals surface area contributed by atoms with Crippen molar-refractivity contribution in [2.45, 2.75) is 6.92 Å². The Balaban J connectivity index is 1.78. The monoisotopic (exact) mass is 392 g/mol. The van der Waals surface area contributed by atoms with Crippen LogP contribution in [0.5, 0.6) is 5.75 Å². The molecule has 3 rings (SSSR count). The lowest BCUT2D eigenvalue weighted by Crippen LogP contribution is -2.07. The molecule has 0 aliphatic carbocycles. The summed E-state index contributed by atoms with van der Waals surface area (Å²) in [6.45, 7) is 2.02. The van der Waals surface area contributed by atoms with E-state index in [2.05, 4.69) is 10.3 Å². The Morgan fingerprint density at radius 2 is 2.08 bits per heavy atom. The molecule has 0 radical (unpaired) electrons. The van der Waals surface area contributed by atoms with Crippen LogP contribution in [0.15, 0.2) is 36.4 Å². The van der Waals surface area contributed by atoms with Crippen molar-refractivity contribution in [2.75, 3.05) is 12.4 Å². The van der Waals surface area contributed by atoms with Gasteiger partial charge < -0.3 is 4.74 Å². The lowest BCUT2D eigenvalue weighted by atomic mass is 10.2. The molecule has 7 heteroatoms. The lowest BCUT2D eigenvalue weighted by molar-refractivity contribution is -0.111. The number of hydrogen-bond donors (Lipinski definition) is 1. The van der Waals surface area contributed by atoms with E-state index >= 15 is 0 Å². The first kappa shape index (κ1) is 17.7. The van der Waals surface area contributed by atoms with Gasteiger partial charge in [0.05, 0.1) is 22.3 Å². The molecular formula is C18H14Cl2N2O2S. The van der Waals surface area contributed by atoms with Crippen LogP contribution in [-0.2, 0) is 4.79 Å².